The van der Waals surface area contributed by atoms with Gasteiger partial charge in [-0.1, -0.05) is 6.07 Å². The highest BCUT2D eigenvalue weighted by molar-refractivity contribution is 5.39. The van der Waals surface area contributed by atoms with Gasteiger partial charge in [-0.25, -0.2) is 0 Å². The maximum atomic E-state index is 8.97. The zero-order valence-electron chi connectivity index (χ0n) is 13.2. The van der Waals surface area contributed by atoms with Crippen LogP contribution in [0.25, 0.3) is 0 Å². The molecule has 1 aromatic rings. The lowest BCUT2D eigenvalue weighted by molar-refractivity contribution is 0.294. The minimum atomic E-state index is -0.224. The van der Waals surface area contributed by atoms with Crippen molar-refractivity contribution in [2.45, 2.75) is 58.4 Å². The van der Waals surface area contributed by atoms with Crippen LogP contribution in [0.1, 0.15) is 63.1 Å². The molecule has 1 aliphatic carbocycles. The van der Waals surface area contributed by atoms with Crippen molar-refractivity contribution in [3.8, 4) is 11.8 Å². The van der Waals surface area contributed by atoms with Gasteiger partial charge < -0.3 is 10.5 Å². The number of fused-ring (bicyclic) bond motifs is 1. The third kappa shape index (κ3) is 4.47. The standard InChI is InChI=1S/C18H26N2O/c1-18(2,13-19)10-3-4-11-21-15-9-8-14-6-5-7-17(20)16(14)12-15/h8-9,12,17H,3-7,10-11,20H2,1-2H3/t17-/m1/s1. The van der Waals surface area contributed by atoms with Crippen LogP contribution in [0.4, 0.5) is 0 Å². The van der Waals surface area contributed by atoms with Gasteiger partial charge in [0.25, 0.3) is 0 Å². The second kappa shape index (κ2) is 6.95. The summed E-state index contributed by atoms with van der Waals surface area (Å²) in [5.74, 6) is 0.922. The van der Waals surface area contributed by atoms with Crippen LogP contribution in [0, 0.1) is 16.7 Å². The second-order valence-electron chi connectivity index (χ2n) is 6.66. The van der Waals surface area contributed by atoms with Gasteiger partial charge in [0, 0.05) is 6.04 Å². The number of hydrogen-bond donors (Lipinski definition) is 1. The normalized spacial score (nSPS) is 17.9. The Bertz CT molecular complexity index is 516. The molecule has 114 valence electrons. The summed E-state index contributed by atoms with van der Waals surface area (Å²) in [5, 5.41) is 8.97. The van der Waals surface area contributed by atoms with E-state index < -0.39 is 0 Å². The average Bonchev–Trinajstić information content (AvgIpc) is 2.47. The first-order valence-electron chi connectivity index (χ1n) is 7.94. The van der Waals surface area contributed by atoms with Crippen LogP contribution >= 0.6 is 0 Å². The Morgan fingerprint density at radius 1 is 1.38 bits per heavy atom. The van der Waals surface area contributed by atoms with Gasteiger partial charge >= 0.3 is 0 Å². The molecule has 0 radical (unpaired) electrons. The van der Waals surface area contributed by atoms with Crippen molar-refractivity contribution in [1.82, 2.24) is 0 Å². The van der Waals surface area contributed by atoms with E-state index in [4.69, 9.17) is 15.7 Å². The van der Waals surface area contributed by atoms with Crippen LogP contribution in [0.15, 0.2) is 18.2 Å². The van der Waals surface area contributed by atoms with Gasteiger partial charge in [-0.15, -0.1) is 0 Å². The van der Waals surface area contributed by atoms with E-state index in [1.54, 1.807) is 0 Å². The highest BCUT2D eigenvalue weighted by atomic mass is 16.5. The molecule has 1 aliphatic rings. The molecule has 0 bridgehead atoms. The number of rotatable bonds is 6. The fourth-order valence-electron chi connectivity index (χ4n) is 2.82. The maximum Gasteiger partial charge on any atom is 0.119 e. The van der Waals surface area contributed by atoms with E-state index in [9.17, 15) is 0 Å². The Balaban J connectivity index is 1.79. The summed E-state index contributed by atoms with van der Waals surface area (Å²) in [6, 6.07) is 8.81. The van der Waals surface area contributed by atoms with Crippen molar-refractivity contribution < 1.29 is 4.74 Å². The van der Waals surface area contributed by atoms with Crippen LogP contribution in [0.5, 0.6) is 5.75 Å². The molecule has 0 spiro atoms. The van der Waals surface area contributed by atoms with Crippen molar-refractivity contribution in [3.63, 3.8) is 0 Å². The van der Waals surface area contributed by atoms with Gasteiger partial charge in [-0.2, -0.15) is 5.26 Å². The van der Waals surface area contributed by atoms with E-state index in [0.717, 1.165) is 37.9 Å². The molecule has 0 aromatic heterocycles. The van der Waals surface area contributed by atoms with Crippen LogP contribution in [0.2, 0.25) is 0 Å². The van der Waals surface area contributed by atoms with E-state index in [-0.39, 0.29) is 11.5 Å². The molecule has 0 saturated heterocycles. The number of nitriles is 1. The molecule has 0 aliphatic heterocycles. The number of nitrogens with two attached hydrogens (primary N) is 1. The zero-order chi connectivity index (χ0) is 15.3. The Labute approximate surface area is 128 Å². The average molecular weight is 286 g/mol. The van der Waals surface area contributed by atoms with Crippen molar-refractivity contribution in [2.75, 3.05) is 6.61 Å². The smallest absolute Gasteiger partial charge is 0.119 e. The molecule has 3 nitrogen and oxygen atoms in total. The largest absolute Gasteiger partial charge is 0.494 e. The lowest BCUT2D eigenvalue weighted by Crippen LogP contribution is -2.17. The Hall–Kier alpha value is -1.53. The van der Waals surface area contributed by atoms with E-state index in [1.165, 1.54) is 17.5 Å². The number of unbranched alkanes of at least 4 members (excludes halogenated alkanes) is 1. The summed E-state index contributed by atoms with van der Waals surface area (Å²) < 4.78 is 5.83. The predicted molar refractivity (Wildman–Crippen MR) is 85.0 cm³/mol. The zero-order valence-corrected chi connectivity index (χ0v) is 13.2. The molecule has 2 rings (SSSR count). The number of hydrogen-bond acceptors (Lipinski definition) is 3. The van der Waals surface area contributed by atoms with E-state index in [2.05, 4.69) is 24.3 Å². The molecule has 0 fully saturated rings. The fourth-order valence-corrected chi connectivity index (χ4v) is 2.82. The molecular formula is C18H26N2O. The molecule has 0 saturated carbocycles. The predicted octanol–water partition coefficient (Wildman–Crippen LogP) is 4.12. The quantitative estimate of drug-likeness (QED) is 0.800. The van der Waals surface area contributed by atoms with Crippen molar-refractivity contribution in [3.05, 3.63) is 29.3 Å². The molecule has 3 heteroatoms. The number of nitrogens with zero attached hydrogens (tertiary/aromatic N) is 1. The van der Waals surface area contributed by atoms with Gasteiger partial charge in [-0.05, 0) is 75.6 Å². The molecule has 21 heavy (non-hydrogen) atoms. The Morgan fingerprint density at radius 2 is 2.19 bits per heavy atom. The highest BCUT2D eigenvalue weighted by Gasteiger charge is 2.17. The minimum absolute atomic E-state index is 0.161. The highest BCUT2D eigenvalue weighted by Crippen LogP contribution is 2.31. The van der Waals surface area contributed by atoms with Crippen LogP contribution < -0.4 is 10.5 Å². The molecule has 2 N–H and O–H groups in total. The minimum Gasteiger partial charge on any atom is -0.494 e. The summed E-state index contributed by atoms with van der Waals surface area (Å²) in [7, 11) is 0. The summed E-state index contributed by atoms with van der Waals surface area (Å²) in [5.41, 5.74) is 8.57. The van der Waals surface area contributed by atoms with Gasteiger partial charge in [0.15, 0.2) is 0 Å². The first-order valence-corrected chi connectivity index (χ1v) is 7.94. The van der Waals surface area contributed by atoms with Crippen molar-refractivity contribution >= 4 is 0 Å². The summed E-state index contributed by atoms with van der Waals surface area (Å²) >= 11 is 0. The van der Waals surface area contributed by atoms with Gasteiger partial charge in [-0.3, -0.25) is 0 Å². The summed E-state index contributed by atoms with van der Waals surface area (Å²) in [4.78, 5) is 0. The number of aryl methyl sites for hydroxylation is 1. The first-order chi connectivity index (χ1) is 10.0. The summed E-state index contributed by atoms with van der Waals surface area (Å²) in [6.07, 6.45) is 6.30. The SMILES string of the molecule is CC(C)(C#N)CCCCOc1ccc2c(c1)[C@H](N)CCC2. The molecule has 0 heterocycles. The Morgan fingerprint density at radius 3 is 2.95 bits per heavy atom. The van der Waals surface area contributed by atoms with Crippen molar-refractivity contribution in [2.24, 2.45) is 11.1 Å². The van der Waals surface area contributed by atoms with Crippen molar-refractivity contribution in [1.29, 1.82) is 5.26 Å². The molecule has 1 aromatic carbocycles. The van der Waals surface area contributed by atoms with E-state index >= 15 is 0 Å². The second-order valence-corrected chi connectivity index (χ2v) is 6.66. The number of ether oxygens (including phenoxy) is 1. The monoisotopic (exact) mass is 286 g/mol. The Kier molecular flexibility index (Phi) is 5.25. The van der Waals surface area contributed by atoms with Crippen LogP contribution in [0.3, 0.4) is 0 Å². The van der Waals surface area contributed by atoms with E-state index in [1.807, 2.05) is 13.8 Å². The number of benzene rings is 1. The lowest BCUT2D eigenvalue weighted by Gasteiger charge is -2.22. The summed E-state index contributed by atoms with van der Waals surface area (Å²) in [6.45, 7) is 4.67. The van der Waals surface area contributed by atoms with Gasteiger partial charge in [0.1, 0.15) is 5.75 Å². The van der Waals surface area contributed by atoms with Crippen LogP contribution in [-0.2, 0) is 6.42 Å². The third-order valence-corrected chi connectivity index (χ3v) is 4.25. The topological polar surface area (TPSA) is 59.0 Å². The maximum absolute atomic E-state index is 8.97. The first kappa shape index (κ1) is 15.9. The molecule has 0 amide bonds. The molecule has 0 unspecified atom stereocenters. The van der Waals surface area contributed by atoms with Gasteiger partial charge in [0.05, 0.1) is 18.1 Å². The molecule has 1 atom stereocenters. The molecular weight excluding hydrogens is 260 g/mol. The van der Waals surface area contributed by atoms with E-state index in [0.29, 0.717) is 6.61 Å². The van der Waals surface area contributed by atoms with Gasteiger partial charge in [0.2, 0.25) is 0 Å². The lowest BCUT2D eigenvalue weighted by atomic mass is 9.88. The third-order valence-electron chi connectivity index (χ3n) is 4.25. The fraction of sp³-hybridized carbons (Fsp3) is 0.611. The van der Waals surface area contributed by atoms with Crippen LogP contribution in [-0.4, -0.2) is 6.61 Å².